The smallest absolute Gasteiger partial charge is 0.262 e. The van der Waals surface area contributed by atoms with Gasteiger partial charge in [-0.05, 0) is 30.3 Å². The van der Waals surface area contributed by atoms with Crippen molar-refractivity contribution in [1.29, 1.82) is 0 Å². The molecule has 120 valence electrons. The first kappa shape index (κ1) is 16.6. The van der Waals surface area contributed by atoms with Crippen molar-refractivity contribution in [3.05, 3.63) is 53.3 Å². The summed E-state index contributed by atoms with van der Waals surface area (Å²) in [6, 6.07) is 10.7. The zero-order valence-electron chi connectivity index (χ0n) is 12.0. The molecule has 6 nitrogen and oxygen atoms in total. The molecule has 2 aromatic rings. The van der Waals surface area contributed by atoms with E-state index in [1.807, 2.05) is 0 Å². The van der Waals surface area contributed by atoms with Gasteiger partial charge in [0.25, 0.3) is 12.2 Å². The van der Waals surface area contributed by atoms with Crippen molar-refractivity contribution in [3.8, 4) is 5.75 Å². The van der Waals surface area contributed by atoms with Gasteiger partial charge in [0.2, 0.25) is 0 Å². The molecule has 8 heteroatoms. The molecule has 0 bridgehead atoms. The van der Waals surface area contributed by atoms with Gasteiger partial charge in [0, 0.05) is 11.1 Å². The number of hydrazone groups is 1. The normalized spacial score (nSPS) is 11.1. The molecule has 0 aromatic heterocycles. The van der Waals surface area contributed by atoms with Crippen LogP contribution in [0.2, 0.25) is 5.02 Å². The van der Waals surface area contributed by atoms with Crippen LogP contribution in [0, 0.1) is 5.82 Å². The van der Waals surface area contributed by atoms with E-state index in [1.165, 1.54) is 23.2 Å². The Hall–Kier alpha value is -2.80. The Morgan fingerprint density at radius 3 is 2.83 bits per heavy atom. The number of carbonyl (C=O) groups excluding carboxylic acids is 1. The maximum Gasteiger partial charge on any atom is 0.262 e. The molecule has 1 amide bonds. The average Bonchev–Trinajstić information content (AvgIpc) is 2.55. The first-order valence-corrected chi connectivity index (χ1v) is 6.94. The van der Waals surface area contributed by atoms with E-state index in [1.54, 1.807) is 24.3 Å². The molecule has 2 aromatic carbocycles. The largest absolute Gasteiger partial charge is 0.484 e. The highest BCUT2D eigenvalue weighted by Crippen LogP contribution is 2.20. The molecular formula is C15H15ClFN4O2+. The van der Waals surface area contributed by atoms with E-state index in [0.717, 1.165) is 6.07 Å². The van der Waals surface area contributed by atoms with Gasteiger partial charge in [-0.15, -0.1) is 4.68 Å². The molecule has 0 atom stereocenters. The summed E-state index contributed by atoms with van der Waals surface area (Å²) in [7, 11) is 0. The van der Waals surface area contributed by atoms with Crippen LogP contribution in [-0.2, 0) is 4.79 Å². The summed E-state index contributed by atoms with van der Waals surface area (Å²) in [6.07, 6.45) is 1.19. The second-order valence-electron chi connectivity index (χ2n) is 4.51. The second kappa shape index (κ2) is 7.46. The quantitative estimate of drug-likeness (QED) is 0.256. The van der Waals surface area contributed by atoms with Crippen LogP contribution in [0.15, 0.2) is 42.5 Å². The fourth-order valence-corrected chi connectivity index (χ4v) is 1.90. The fraction of sp³-hybridized carbons (Fsp3) is 0.0667. The molecule has 0 aliphatic carbocycles. The van der Waals surface area contributed by atoms with Crippen LogP contribution in [0.5, 0.6) is 5.75 Å². The lowest BCUT2D eigenvalue weighted by Crippen LogP contribution is -2.21. The van der Waals surface area contributed by atoms with E-state index in [4.69, 9.17) is 27.9 Å². The van der Waals surface area contributed by atoms with E-state index in [9.17, 15) is 9.18 Å². The van der Waals surface area contributed by atoms with Gasteiger partial charge in [0.1, 0.15) is 11.6 Å². The van der Waals surface area contributed by atoms with Crippen LogP contribution in [0.4, 0.5) is 15.8 Å². The van der Waals surface area contributed by atoms with Crippen LogP contribution in [0.25, 0.3) is 0 Å². The summed E-state index contributed by atoms with van der Waals surface area (Å²) in [5, 5.41) is 2.64. The highest BCUT2D eigenvalue weighted by molar-refractivity contribution is 6.30. The van der Waals surface area contributed by atoms with Gasteiger partial charge >= 0.3 is 0 Å². The molecule has 0 radical (unpaired) electrons. The Morgan fingerprint density at radius 1 is 1.35 bits per heavy atom. The van der Waals surface area contributed by atoms with Gasteiger partial charge in [-0.25, -0.2) is 4.39 Å². The highest BCUT2D eigenvalue weighted by atomic mass is 35.5. The van der Waals surface area contributed by atoms with E-state index in [-0.39, 0.29) is 17.3 Å². The molecule has 0 aliphatic heterocycles. The first-order chi connectivity index (χ1) is 11.0. The number of nitrogens with one attached hydrogen (secondary N) is 1. The lowest BCUT2D eigenvalue weighted by Gasteiger charge is -2.09. The van der Waals surface area contributed by atoms with Crippen molar-refractivity contribution >= 4 is 35.2 Å². The summed E-state index contributed by atoms with van der Waals surface area (Å²) in [5.41, 5.74) is 5.94. The number of nitrogens with zero attached hydrogens (tertiary/aromatic N) is 1. The molecule has 0 aliphatic rings. The predicted octanol–water partition coefficient (Wildman–Crippen LogP) is 2.00. The third-order valence-electron chi connectivity index (χ3n) is 2.85. The molecule has 0 heterocycles. The number of halogens is 2. The number of ether oxygens (including phenoxy) is 1. The van der Waals surface area contributed by atoms with Gasteiger partial charge in [-0.3, -0.25) is 16.4 Å². The number of nitrogens with two attached hydrogens (primary N) is 2. The number of benzene rings is 2. The van der Waals surface area contributed by atoms with E-state index < -0.39 is 11.7 Å². The minimum absolute atomic E-state index is 0.0302. The van der Waals surface area contributed by atoms with Crippen molar-refractivity contribution < 1.29 is 18.6 Å². The van der Waals surface area contributed by atoms with Gasteiger partial charge in [-0.1, -0.05) is 17.7 Å². The number of hydrazine groups is 1. The number of hydrogen-bond donors (Lipinski definition) is 3. The minimum atomic E-state index is -0.620. The topological polar surface area (TPSA) is 93.4 Å². The highest BCUT2D eigenvalue weighted by Gasteiger charge is 2.09. The van der Waals surface area contributed by atoms with Gasteiger partial charge in [0.15, 0.2) is 12.3 Å². The number of anilines is 1. The summed E-state index contributed by atoms with van der Waals surface area (Å²) >= 11 is 5.64. The number of hydrogen-bond acceptors (Lipinski definition) is 3. The average molecular weight is 338 g/mol. The Morgan fingerprint density at radius 2 is 2.13 bits per heavy atom. The number of rotatable bonds is 5. The summed E-state index contributed by atoms with van der Waals surface area (Å²) in [4.78, 5) is 11.8. The SMILES string of the molecule is N/C=[N+](\N)c1cccc(OCC(=O)Nc2ccc(Cl)cc2F)c1. The third kappa shape index (κ3) is 4.58. The lowest BCUT2D eigenvalue weighted by atomic mass is 10.3. The Balaban J connectivity index is 1.97. The monoisotopic (exact) mass is 337 g/mol. The third-order valence-corrected chi connectivity index (χ3v) is 3.09. The minimum Gasteiger partial charge on any atom is -0.484 e. The summed E-state index contributed by atoms with van der Waals surface area (Å²) < 4.78 is 20.1. The molecule has 0 fully saturated rings. The predicted molar refractivity (Wildman–Crippen MR) is 86.3 cm³/mol. The number of amides is 1. The molecule has 0 unspecified atom stereocenters. The zero-order chi connectivity index (χ0) is 16.8. The summed E-state index contributed by atoms with van der Waals surface area (Å²) in [6.45, 7) is -0.289. The molecule has 5 N–H and O–H groups in total. The molecule has 0 saturated heterocycles. The second-order valence-corrected chi connectivity index (χ2v) is 4.95. The van der Waals surface area contributed by atoms with Crippen LogP contribution in [0.3, 0.4) is 0 Å². The summed E-state index contributed by atoms with van der Waals surface area (Å²) in [5.74, 6) is 4.91. The van der Waals surface area contributed by atoms with E-state index >= 15 is 0 Å². The fourth-order valence-electron chi connectivity index (χ4n) is 1.75. The molecule has 23 heavy (non-hydrogen) atoms. The number of carbonyl (C=O) groups is 1. The van der Waals surface area contributed by atoms with Crippen molar-refractivity contribution in [1.82, 2.24) is 0 Å². The Labute approximate surface area is 137 Å². The maximum absolute atomic E-state index is 13.6. The van der Waals surface area contributed by atoms with Crippen molar-refractivity contribution in [2.24, 2.45) is 11.6 Å². The molecule has 2 rings (SSSR count). The molecule has 0 spiro atoms. The Kier molecular flexibility index (Phi) is 5.37. The molecular weight excluding hydrogens is 323 g/mol. The van der Waals surface area contributed by atoms with Crippen molar-refractivity contribution in [2.75, 3.05) is 11.9 Å². The van der Waals surface area contributed by atoms with Crippen LogP contribution < -0.4 is 21.6 Å². The van der Waals surface area contributed by atoms with Crippen LogP contribution in [-0.4, -0.2) is 23.5 Å². The van der Waals surface area contributed by atoms with Crippen molar-refractivity contribution in [3.63, 3.8) is 0 Å². The van der Waals surface area contributed by atoms with E-state index in [0.29, 0.717) is 11.4 Å². The van der Waals surface area contributed by atoms with Crippen molar-refractivity contribution in [2.45, 2.75) is 0 Å². The first-order valence-electron chi connectivity index (χ1n) is 6.56. The van der Waals surface area contributed by atoms with Gasteiger partial charge in [-0.2, -0.15) is 0 Å². The lowest BCUT2D eigenvalue weighted by molar-refractivity contribution is -0.448. The van der Waals surface area contributed by atoms with Gasteiger partial charge in [0.05, 0.1) is 5.69 Å². The van der Waals surface area contributed by atoms with Crippen LogP contribution in [0.1, 0.15) is 0 Å². The Bertz CT molecular complexity index is 752. The van der Waals surface area contributed by atoms with Crippen LogP contribution >= 0.6 is 11.6 Å². The zero-order valence-corrected chi connectivity index (χ0v) is 12.8. The van der Waals surface area contributed by atoms with Gasteiger partial charge < -0.3 is 10.1 Å². The maximum atomic E-state index is 13.6. The standard InChI is InChI=1S/C15H14ClFN4O2/c16-10-4-5-14(13(17)6-10)20-15(22)8-23-12-3-1-2-11(7-12)21(19)9-18/h1-7,9,18H,8,19H2,(H,20,22)/p+1. The van der Waals surface area contributed by atoms with E-state index in [2.05, 4.69) is 5.32 Å². The molecule has 0 saturated carbocycles.